The van der Waals surface area contributed by atoms with Crippen molar-refractivity contribution in [2.75, 3.05) is 7.05 Å². The maximum Gasteiger partial charge on any atom is 0.224 e. The summed E-state index contributed by atoms with van der Waals surface area (Å²) in [7, 11) is 1.62. The number of allylic oxidation sites excluding steroid dienone is 3. The van der Waals surface area contributed by atoms with E-state index >= 15 is 0 Å². The lowest BCUT2D eigenvalue weighted by atomic mass is 10.1. The Morgan fingerprint density at radius 1 is 1.27 bits per heavy atom. The molecule has 0 N–H and O–H groups in total. The number of carbonyl (C=O) groups is 1. The van der Waals surface area contributed by atoms with Crippen molar-refractivity contribution < 1.29 is 4.79 Å². The van der Waals surface area contributed by atoms with Crippen LogP contribution in [0.5, 0.6) is 0 Å². The standard InChI is InChI=1S/C17H22N4O/c1-8-12(3)16(11-18)20-14(5)13(4)10-17(19-9-2)21(7)15(6)22/h8-10H,4-5H2,1-3,6-7H3/b12-8-,17-10+,19-9?,20-16?. The van der Waals surface area contributed by atoms with Gasteiger partial charge >= 0.3 is 0 Å². The van der Waals surface area contributed by atoms with E-state index in [1.54, 1.807) is 39.3 Å². The summed E-state index contributed by atoms with van der Waals surface area (Å²) in [5, 5.41) is 9.10. The van der Waals surface area contributed by atoms with E-state index < -0.39 is 0 Å². The predicted octanol–water partition coefficient (Wildman–Crippen LogP) is 3.40. The molecule has 0 aromatic rings. The second kappa shape index (κ2) is 9.24. The largest absolute Gasteiger partial charge is 0.300 e. The third kappa shape index (κ3) is 5.71. The molecule has 0 aliphatic heterocycles. The quantitative estimate of drug-likeness (QED) is 0.557. The van der Waals surface area contributed by atoms with Crippen molar-refractivity contribution >= 4 is 17.8 Å². The van der Waals surface area contributed by atoms with Crippen LogP contribution in [0.3, 0.4) is 0 Å². The SMILES string of the molecule is C=C(/C=C(\N=CC)N(C)C(C)=O)C(=C)N=C(C#N)/C(C)=C\C. The highest BCUT2D eigenvalue weighted by Gasteiger charge is 2.09. The summed E-state index contributed by atoms with van der Waals surface area (Å²) < 4.78 is 0. The van der Waals surface area contributed by atoms with Gasteiger partial charge in [0.2, 0.25) is 5.91 Å². The number of nitriles is 1. The zero-order chi connectivity index (χ0) is 17.3. The molecule has 0 unspecified atom stereocenters. The molecular formula is C17H22N4O. The normalized spacial score (nSPS) is 13.0. The molecule has 0 aliphatic carbocycles. The molecule has 0 saturated heterocycles. The van der Waals surface area contributed by atoms with Crippen molar-refractivity contribution in [1.29, 1.82) is 5.26 Å². The molecule has 0 spiro atoms. The van der Waals surface area contributed by atoms with Gasteiger partial charge in [-0.05, 0) is 38.0 Å². The van der Waals surface area contributed by atoms with Gasteiger partial charge in [-0.1, -0.05) is 19.2 Å². The third-order valence-electron chi connectivity index (χ3n) is 2.91. The Balaban J connectivity index is 5.53. The zero-order valence-electron chi connectivity index (χ0n) is 13.8. The topological polar surface area (TPSA) is 68.8 Å². The summed E-state index contributed by atoms with van der Waals surface area (Å²) in [5.74, 6) is 0.277. The van der Waals surface area contributed by atoms with Gasteiger partial charge in [0, 0.05) is 20.2 Å². The molecule has 0 radical (unpaired) electrons. The zero-order valence-corrected chi connectivity index (χ0v) is 13.8. The van der Waals surface area contributed by atoms with Gasteiger partial charge < -0.3 is 4.90 Å². The average molecular weight is 298 g/mol. The summed E-state index contributed by atoms with van der Waals surface area (Å²) in [6.45, 7) is 14.5. The van der Waals surface area contributed by atoms with Crippen molar-refractivity contribution in [1.82, 2.24) is 4.90 Å². The van der Waals surface area contributed by atoms with Gasteiger partial charge in [0.05, 0.1) is 5.70 Å². The Hall–Kier alpha value is -2.74. The molecule has 0 aromatic heterocycles. The fourth-order valence-electron chi connectivity index (χ4n) is 1.30. The summed E-state index contributed by atoms with van der Waals surface area (Å²) in [4.78, 5) is 21.1. The van der Waals surface area contributed by atoms with Crippen LogP contribution in [0.25, 0.3) is 0 Å². The van der Waals surface area contributed by atoms with Crippen molar-refractivity contribution in [3.63, 3.8) is 0 Å². The number of rotatable bonds is 6. The van der Waals surface area contributed by atoms with E-state index in [1.807, 2.05) is 13.0 Å². The van der Waals surface area contributed by atoms with Crippen LogP contribution in [0.15, 0.2) is 58.0 Å². The molecule has 0 aromatic carbocycles. The van der Waals surface area contributed by atoms with E-state index in [1.165, 1.54) is 11.8 Å². The van der Waals surface area contributed by atoms with Crippen LogP contribution in [-0.2, 0) is 4.79 Å². The highest BCUT2D eigenvalue weighted by Crippen LogP contribution is 2.15. The first-order valence-electron chi connectivity index (χ1n) is 6.73. The maximum absolute atomic E-state index is 11.4. The summed E-state index contributed by atoms with van der Waals surface area (Å²) in [5.41, 5.74) is 1.86. The molecule has 22 heavy (non-hydrogen) atoms. The van der Waals surface area contributed by atoms with Gasteiger partial charge in [-0.2, -0.15) is 5.26 Å². The second-order valence-corrected chi connectivity index (χ2v) is 4.48. The number of hydrogen-bond acceptors (Lipinski definition) is 4. The van der Waals surface area contributed by atoms with E-state index in [2.05, 4.69) is 23.1 Å². The molecule has 0 saturated carbocycles. The van der Waals surface area contributed by atoms with Gasteiger partial charge in [-0.25, -0.2) is 9.98 Å². The molecule has 0 bridgehead atoms. The minimum atomic E-state index is -0.152. The summed E-state index contributed by atoms with van der Waals surface area (Å²) in [6, 6.07) is 2.02. The van der Waals surface area contributed by atoms with Crippen LogP contribution in [0, 0.1) is 11.3 Å². The molecule has 0 atom stereocenters. The second-order valence-electron chi connectivity index (χ2n) is 4.48. The van der Waals surface area contributed by atoms with E-state index in [9.17, 15) is 4.79 Å². The summed E-state index contributed by atoms with van der Waals surface area (Å²) >= 11 is 0. The van der Waals surface area contributed by atoms with Crippen LogP contribution in [0.4, 0.5) is 0 Å². The Morgan fingerprint density at radius 2 is 1.86 bits per heavy atom. The molecule has 116 valence electrons. The van der Waals surface area contributed by atoms with Crippen molar-refractivity contribution in [2.45, 2.75) is 27.7 Å². The fraction of sp³-hybridized carbons (Fsp3) is 0.294. The van der Waals surface area contributed by atoms with Crippen LogP contribution >= 0.6 is 0 Å². The fourth-order valence-corrected chi connectivity index (χ4v) is 1.30. The number of nitrogens with zero attached hydrogens (tertiary/aromatic N) is 4. The number of carbonyl (C=O) groups excluding carboxylic acids is 1. The molecule has 0 aliphatic rings. The molecular weight excluding hydrogens is 276 g/mol. The van der Waals surface area contributed by atoms with E-state index in [0.717, 1.165) is 5.57 Å². The van der Waals surface area contributed by atoms with Crippen molar-refractivity contribution in [2.24, 2.45) is 9.98 Å². The number of hydrogen-bond donors (Lipinski definition) is 0. The van der Waals surface area contributed by atoms with Crippen molar-refractivity contribution in [3.8, 4) is 6.07 Å². The van der Waals surface area contributed by atoms with E-state index in [4.69, 9.17) is 5.26 Å². The van der Waals surface area contributed by atoms with Gasteiger partial charge in [0.25, 0.3) is 0 Å². The molecule has 0 fully saturated rings. The smallest absolute Gasteiger partial charge is 0.224 e. The monoisotopic (exact) mass is 298 g/mol. The van der Waals surface area contributed by atoms with Crippen LogP contribution in [0.1, 0.15) is 27.7 Å². The van der Waals surface area contributed by atoms with E-state index in [-0.39, 0.29) is 11.6 Å². The highest BCUT2D eigenvalue weighted by atomic mass is 16.2. The van der Waals surface area contributed by atoms with Gasteiger partial charge in [0.15, 0.2) is 0 Å². The highest BCUT2D eigenvalue weighted by molar-refractivity contribution is 6.11. The minimum Gasteiger partial charge on any atom is -0.300 e. The molecule has 5 heteroatoms. The minimum absolute atomic E-state index is 0.152. The number of aliphatic imine (C=N–C) groups is 2. The average Bonchev–Trinajstić information content (AvgIpc) is 2.49. The van der Waals surface area contributed by atoms with Gasteiger partial charge in [-0.15, -0.1) is 0 Å². The maximum atomic E-state index is 11.4. The molecule has 1 amide bonds. The Bertz CT molecular complexity index is 628. The van der Waals surface area contributed by atoms with E-state index in [0.29, 0.717) is 17.1 Å². The van der Waals surface area contributed by atoms with Crippen LogP contribution in [-0.4, -0.2) is 29.8 Å². The molecule has 0 heterocycles. The van der Waals surface area contributed by atoms with Crippen molar-refractivity contribution in [3.05, 3.63) is 48.0 Å². The molecule has 0 rings (SSSR count). The first kappa shape index (κ1) is 19.3. The van der Waals surface area contributed by atoms with Crippen LogP contribution in [0.2, 0.25) is 0 Å². The lowest BCUT2D eigenvalue weighted by Crippen LogP contribution is -2.22. The predicted molar refractivity (Wildman–Crippen MR) is 91.5 cm³/mol. The number of amides is 1. The van der Waals surface area contributed by atoms with Crippen LogP contribution < -0.4 is 0 Å². The first-order chi connectivity index (χ1) is 10.3. The lowest BCUT2D eigenvalue weighted by Gasteiger charge is -2.15. The Labute approximate surface area is 132 Å². The van der Waals surface area contributed by atoms with Gasteiger partial charge in [0.1, 0.15) is 17.6 Å². The summed E-state index contributed by atoms with van der Waals surface area (Å²) in [6.07, 6.45) is 4.98. The Kier molecular flexibility index (Phi) is 8.09. The lowest BCUT2D eigenvalue weighted by molar-refractivity contribution is -0.125. The van der Waals surface area contributed by atoms with Gasteiger partial charge in [-0.3, -0.25) is 4.79 Å². The molecule has 5 nitrogen and oxygen atoms in total. The first-order valence-corrected chi connectivity index (χ1v) is 6.73. The third-order valence-corrected chi connectivity index (χ3v) is 2.91. The Morgan fingerprint density at radius 3 is 2.27 bits per heavy atom.